The van der Waals surface area contributed by atoms with E-state index >= 15 is 0 Å². The zero-order valence-electron chi connectivity index (χ0n) is 17.7. The van der Waals surface area contributed by atoms with Crippen LogP contribution in [0.4, 0.5) is 16.5 Å². The molecule has 0 aliphatic heterocycles. The molecular formula is C23H20N4O4S2. The van der Waals surface area contributed by atoms with Crippen molar-refractivity contribution < 1.29 is 18.0 Å². The number of carbonyl (C=O) groups excluding carboxylic acids is 2. The number of rotatable bonds is 6. The zero-order chi connectivity index (χ0) is 23.6. The number of aryl methyl sites for hydroxylation is 1. The van der Waals surface area contributed by atoms with Gasteiger partial charge in [-0.15, -0.1) is 0 Å². The molecule has 3 N–H and O–H groups in total. The quantitative estimate of drug-likeness (QED) is 0.372. The fourth-order valence-corrected chi connectivity index (χ4v) is 5.19. The summed E-state index contributed by atoms with van der Waals surface area (Å²) in [6, 6.07) is 18.2. The summed E-state index contributed by atoms with van der Waals surface area (Å²) in [5, 5.41) is 5.70. The smallest absolute Gasteiger partial charge is 0.263 e. The number of nitrogens with zero attached hydrogens (tertiary/aromatic N) is 1. The van der Waals surface area contributed by atoms with Gasteiger partial charge in [-0.3, -0.25) is 14.3 Å². The van der Waals surface area contributed by atoms with Crippen LogP contribution in [0.3, 0.4) is 0 Å². The van der Waals surface area contributed by atoms with E-state index in [-0.39, 0.29) is 21.8 Å². The topological polar surface area (TPSA) is 117 Å². The summed E-state index contributed by atoms with van der Waals surface area (Å²) < 4.78 is 28.5. The molecule has 1 aromatic heterocycles. The lowest BCUT2D eigenvalue weighted by Crippen LogP contribution is -2.12. The Hall–Kier alpha value is -3.76. The highest BCUT2D eigenvalue weighted by Gasteiger charge is 2.17. The molecule has 8 nitrogen and oxygen atoms in total. The lowest BCUT2D eigenvalue weighted by molar-refractivity contribution is -0.114. The van der Waals surface area contributed by atoms with Crippen LogP contribution in [0.5, 0.6) is 0 Å². The fraction of sp³-hybridized carbons (Fsp3) is 0.0870. The Morgan fingerprint density at radius 2 is 1.55 bits per heavy atom. The molecule has 0 spiro atoms. The van der Waals surface area contributed by atoms with E-state index in [0.29, 0.717) is 22.5 Å². The lowest BCUT2D eigenvalue weighted by atomic mass is 10.2. The van der Waals surface area contributed by atoms with Gasteiger partial charge in [-0.1, -0.05) is 29.0 Å². The van der Waals surface area contributed by atoms with Crippen LogP contribution >= 0.6 is 11.3 Å². The average Bonchev–Trinajstić information content (AvgIpc) is 3.15. The second-order valence-corrected chi connectivity index (χ2v) is 10.0. The van der Waals surface area contributed by atoms with Crippen molar-refractivity contribution in [3.05, 3.63) is 77.9 Å². The summed E-state index contributed by atoms with van der Waals surface area (Å²) in [5.74, 6) is -0.501. The molecule has 0 saturated heterocycles. The van der Waals surface area contributed by atoms with Gasteiger partial charge in [-0.05, 0) is 61.5 Å². The van der Waals surface area contributed by atoms with Crippen molar-refractivity contribution in [3.63, 3.8) is 0 Å². The highest BCUT2D eigenvalue weighted by atomic mass is 32.2. The minimum absolute atomic E-state index is 0.157. The number of fused-ring (bicyclic) bond motifs is 1. The Morgan fingerprint density at radius 1 is 0.879 bits per heavy atom. The standard InChI is InChI=1S/C23H20N4O4S2/c1-14-3-10-19(11-4-14)33(30,31)27-23-26-20-12-9-18(13-21(20)32-23)25-22(29)16-5-7-17(8-6-16)24-15(2)28/h3-13H,1-2H3,(H,24,28)(H,25,29)(H,26,27). The first-order chi connectivity index (χ1) is 15.7. The van der Waals surface area contributed by atoms with Crippen LogP contribution < -0.4 is 15.4 Å². The first-order valence-electron chi connectivity index (χ1n) is 9.89. The second kappa shape index (κ2) is 9.00. The van der Waals surface area contributed by atoms with Crippen molar-refractivity contribution in [2.45, 2.75) is 18.7 Å². The van der Waals surface area contributed by atoms with Crippen LogP contribution in [-0.2, 0) is 14.8 Å². The van der Waals surface area contributed by atoms with E-state index in [4.69, 9.17) is 0 Å². The summed E-state index contributed by atoms with van der Waals surface area (Å²) in [6.45, 7) is 3.30. The van der Waals surface area contributed by atoms with Gasteiger partial charge in [-0.2, -0.15) is 0 Å². The molecule has 2 amide bonds. The number of carbonyl (C=O) groups is 2. The van der Waals surface area contributed by atoms with Crippen molar-refractivity contribution in [1.29, 1.82) is 0 Å². The fourth-order valence-electron chi connectivity index (χ4n) is 3.05. The highest BCUT2D eigenvalue weighted by Crippen LogP contribution is 2.30. The largest absolute Gasteiger partial charge is 0.326 e. The number of hydrogen-bond donors (Lipinski definition) is 3. The predicted molar refractivity (Wildman–Crippen MR) is 130 cm³/mol. The van der Waals surface area contributed by atoms with Crippen LogP contribution in [0.1, 0.15) is 22.8 Å². The summed E-state index contributed by atoms with van der Waals surface area (Å²) >= 11 is 1.17. The monoisotopic (exact) mass is 480 g/mol. The zero-order valence-corrected chi connectivity index (χ0v) is 19.4. The van der Waals surface area contributed by atoms with Crippen molar-refractivity contribution in [2.75, 3.05) is 15.4 Å². The number of benzene rings is 3. The molecule has 3 aromatic carbocycles. The first-order valence-corrected chi connectivity index (χ1v) is 12.2. The molecule has 0 aliphatic carbocycles. The number of nitrogens with one attached hydrogen (secondary N) is 3. The Kier molecular flexibility index (Phi) is 6.12. The van der Waals surface area contributed by atoms with Gasteiger partial charge in [0.25, 0.3) is 15.9 Å². The van der Waals surface area contributed by atoms with Gasteiger partial charge >= 0.3 is 0 Å². The van der Waals surface area contributed by atoms with Crippen molar-refractivity contribution in [3.8, 4) is 0 Å². The summed E-state index contributed by atoms with van der Waals surface area (Å²) in [5.41, 5.74) is 3.16. The maximum atomic E-state index is 12.6. The van der Waals surface area contributed by atoms with Crippen LogP contribution in [0.15, 0.2) is 71.6 Å². The highest BCUT2D eigenvalue weighted by molar-refractivity contribution is 7.93. The normalized spacial score (nSPS) is 11.2. The van der Waals surface area contributed by atoms with E-state index in [1.54, 1.807) is 66.7 Å². The minimum atomic E-state index is -3.75. The molecule has 1 heterocycles. The molecule has 0 fully saturated rings. The van der Waals surface area contributed by atoms with Crippen LogP contribution in [0.2, 0.25) is 0 Å². The number of thiazole rings is 1. The third kappa shape index (κ3) is 5.36. The SMILES string of the molecule is CC(=O)Nc1ccc(C(=O)Nc2ccc3nc(NS(=O)(=O)c4ccc(C)cc4)sc3c2)cc1. The molecule has 10 heteroatoms. The van der Waals surface area contributed by atoms with E-state index in [1.165, 1.54) is 18.3 Å². The number of hydrogen-bond acceptors (Lipinski definition) is 6. The van der Waals surface area contributed by atoms with E-state index in [0.717, 1.165) is 10.3 Å². The van der Waals surface area contributed by atoms with Gasteiger partial charge in [-0.25, -0.2) is 13.4 Å². The Labute approximate surface area is 194 Å². The van der Waals surface area contributed by atoms with E-state index in [1.807, 2.05) is 6.92 Å². The van der Waals surface area contributed by atoms with Gasteiger partial charge in [0.15, 0.2) is 5.13 Å². The molecular weight excluding hydrogens is 460 g/mol. The molecule has 168 valence electrons. The average molecular weight is 481 g/mol. The number of amides is 2. The molecule has 4 aromatic rings. The molecule has 0 atom stereocenters. The third-order valence-electron chi connectivity index (χ3n) is 4.67. The van der Waals surface area contributed by atoms with Gasteiger partial charge in [0.2, 0.25) is 5.91 Å². The Morgan fingerprint density at radius 3 is 2.21 bits per heavy atom. The predicted octanol–water partition coefficient (Wildman–Crippen LogP) is 4.62. The van der Waals surface area contributed by atoms with E-state index in [2.05, 4.69) is 20.3 Å². The van der Waals surface area contributed by atoms with E-state index < -0.39 is 10.0 Å². The van der Waals surface area contributed by atoms with Crippen LogP contribution in [0, 0.1) is 6.92 Å². The molecule has 0 unspecified atom stereocenters. The van der Waals surface area contributed by atoms with Gasteiger partial charge in [0.05, 0.1) is 15.1 Å². The second-order valence-electron chi connectivity index (χ2n) is 7.33. The summed E-state index contributed by atoms with van der Waals surface area (Å²) in [6.07, 6.45) is 0. The molecule has 0 bridgehead atoms. The van der Waals surface area contributed by atoms with Gasteiger partial charge in [0, 0.05) is 23.9 Å². The van der Waals surface area contributed by atoms with Gasteiger partial charge < -0.3 is 10.6 Å². The third-order valence-corrected chi connectivity index (χ3v) is 7.08. The Balaban J connectivity index is 1.49. The lowest BCUT2D eigenvalue weighted by Gasteiger charge is -2.06. The maximum Gasteiger partial charge on any atom is 0.263 e. The first kappa shape index (κ1) is 22.4. The van der Waals surface area contributed by atoms with Crippen molar-refractivity contribution in [2.24, 2.45) is 0 Å². The summed E-state index contributed by atoms with van der Waals surface area (Å²) in [7, 11) is -3.75. The van der Waals surface area contributed by atoms with Crippen LogP contribution in [0.25, 0.3) is 10.2 Å². The minimum Gasteiger partial charge on any atom is -0.326 e. The number of aromatic nitrogens is 1. The molecule has 33 heavy (non-hydrogen) atoms. The Bertz CT molecular complexity index is 1440. The molecule has 0 aliphatic rings. The van der Waals surface area contributed by atoms with Crippen molar-refractivity contribution >= 4 is 59.9 Å². The molecule has 0 radical (unpaired) electrons. The maximum absolute atomic E-state index is 12.6. The molecule has 0 saturated carbocycles. The summed E-state index contributed by atoms with van der Waals surface area (Å²) in [4.78, 5) is 28.2. The van der Waals surface area contributed by atoms with E-state index in [9.17, 15) is 18.0 Å². The van der Waals surface area contributed by atoms with Crippen LogP contribution in [-0.4, -0.2) is 25.2 Å². The van der Waals surface area contributed by atoms with Gasteiger partial charge in [0.1, 0.15) is 0 Å². The number of sulfonamides is 1. The van der Waals surface area contributed by atoms with Crippen molar-refractivity contribution in [1.82, 2.24) is 4.98 Å². The molecule has 4 rings (SSSR count). The number of anilines is 3.